The maximum atomic E-state index is 11.3. The van der Waals surface area contributed by atoms with Gasteiger partial charge in [-0.25, -0.2) is 28.5 Å². The highest BCUT2D eigenvalue weighted by Gasteiger charge is 2.17. The molecule has 2 aromatic heterocycles. The van der Waals surface area contributed by atoms with Gasteiger partial charge in [0.2, 0.25) is 0 Å². The van der Waals surface area contributed by atoms with Crippen LogP contribution in [0.4, 0.5) is 11.4 Å². The van der Waals surface area contributed by atoms with Crippen LogP contribution in [0.5, 0.6) is 0 Å². The second kappa shape index (κ2) is 43.7. The van der Waals surface area contributed by atoms with Gasteiger partial charge >= 0.3 is 29.1 Å². The summed E-state index contributed by atoms with van der Waals surface area (Å²) < 4.78 is 12.6. The van der Waals surface area contributed by atoms with Crippen molar-refractivity contribution in [1.29, 1.82) is 5.26 Å². The third-order valence-corrected chi connectivity index (χ3v) is 13.3. The van der Waals surface area contributed by atoms with Crippen molar-refractivity contribution in [3.05, 3.63) is 271 Å². The molecule has 10 N–H and O–H groups in total. The molecule has 0 spiro atoms. The number of hydrazone groups is 1. The summed E-state index contributed by atoms with van der Waals surface area (Å²) in [7, 11) is 0. The van der Waals surface area contributed by atoms with Gasteiger partial charge in [0.15, 0.2) is 12.1 Å². The van der Waals surface area contributed by atoms with Gasteiger partial charge in [0.1, 0.15) is 17.5 Å². The first-order valence-corrected chi connectivity index (χ1v) is 32.8. The highest BCUT2D eigenvalue weighted by Crippen LogP contribution is 2.61. The van der Waals surface area contributed by atoms with E-state index < -0.39 is 29.1 Å². The number of hydrazine groups is 1. The molecule has 10 rings (SSSR count). The summed E-state index contributed by atoms with van der Waals surface area (Å²) in [4.78, 5) is 66.2. The number of nitrogens with one attached hydrogen (secondary N) is 3. The molecule has 514 valence electrons. The van der Waals surface area contributed by atoms with Gasteiger partial charge in [0.05, 0.1) is 71.2 Å². The number of hydrogen-bond donors (Lipinski definition) is 9. The number of nitriles is 1. The summed E-state index contributed by atoms with van der Waals surface area (Å²) in [6.07, 6.45) is 3.89. The van der Waals surface area contributed by atoms with E-state index in [4.69, 9.17) is 77.9 Å². The SMILES string of the molecule is C.C.C.C/C(=N\Nc1ccc(C(=O)O)cc1)c1ccccc1Cl.CC(=O)c1ccccc1Cl.N#Cc1cn(-c2ccc(C(=O)O)cc2)nc1-c1ccccc1Cl.NNc1ccc(C(=O)O)cc1.O=Cc1cn(-c2ccc(C(=O)O)cc2)nc1-c1ccccc1Cl.O=P(Cl)(Cl)Cl.ONCl. The Hall–Kier alpha value is -9.41. The van der Waals surface area contributed by atoms with Crippen LogP contribution in [0.15, 0.2) is 212 Å². The van der Waals surface area contributed by atoms with Crippen LogP contribution in [0.3, 0.4) is 0 Å². The topological polar surface area (TPSA) is 355 Å². The van der Waals surface area contributed by atoms with E-state index >= 15 is 0 Å². The van der Waals surface area contributed by atoms with Crippen molar-refractivity contribution in [1.82, 2.24) is 24.6 Å². The maximum Gasteiger partial charge on any atom is 0.339 e. The third-order valence-electron chi connectivity index (χ3n) is 12.0. The fourth-order valence-corrected chi connectivity index (χ4v) is 8.52. The smallest absolute Gasteiger partial charge is 0.339 e. The number of ketones is 1. The molecule has 98 heavy (non-hydrogen) atoms. The second-order valence-corrected chi connectivity index (χ2v) is 26.8. The zero-order valence-corrected chi connectivity index (χ0v) is 56.0. The second-order valence-electron chi connectivity index (χ2n) is 18.3. The van der Waals surface area contributed by atoms with Crippen LogP contribution in [0, 0.1) is 11.3 Å². The Labute approximate surface area is 603 Å². The van der Waals surface area contributed by atoms with Crippen LogP contribution in [0.25, 0.3) is 33.9 Å². The molecule has 0 atom stereocenters. The summed E-state index contributed by atoms with van der Waals surface area (Å²) in [6, 6.07) is 55.8. The van der Waals surface area contributed by atoms with E-state index in [0.717, 1.165) is 11.3 Å². The number of aldehydes is 1. The van der Waals surface area contributed by atoms with E-state index in [2.05, 4.69) is 77.7 Å². The fraction of sp³-hybridized carbons (Fsp3) is 0.0746. The number of halogens is 8. The summed E-state index contributed by atoms with van der Waals surface area (Å²) in [5.41, 5.74) is 14.1. The van der Waals surface area contributed by atoms with Crippen molar-refractivity contribution in [2.75, 3.05) is 10.9 Å². The number of nitrogens with two attached hydrogens (primary N) is 1. The van der Waals surface area contributed by atoms with Crippen LogP contribution >= 0.6 is 97.1 Å². The van der Waals surface area contributed by atoms with Crippen molar-refractivity contribution in [2.24, 2.45) is 10.9 Å². The number of benzene rings is 8. The van der Waals surface area contributed by atoms with E-state index in [1.54, 1.807) is 128 Å². The molecule has 0 amide bonds. The summed E-state index contributed by atoms with van der Waals surface area (Å²) in [5, 5.41) is 63.6. The van der Waals surface area contributed by atoms with Gasteiger partial charge in [-0.15, -0.1) is 5.00 Å². The Kier molecular flexibility index (Phi) is 38.6. The standard InChI is InChI=1S/C17H10ClN3O2.C17H11ClN2O3.C15H13ClN2O2.C8H7ClO.C7H8N2O2.3CH4.Cl3OP.ClH2NO/c18-15-4-2-1-3-14(15)16-12(9-19)10-21(20-16)13-7-5-11(6-8-13)17(22)23;18-15-4-2-1-3-14(15)16-12(10-21)9-20(19-16)13-7-5-11(6-8-13)17(22)23;1-10(13-4-2-3-5-14(13)16)17-18-12-8-6-11(7-9-12)15(19)20;1-6(10)7-4-2-3-5-8(7)9;8-9-6-3-1-5(2-4-6)7(10)11;;;;1-5(2,3)4;1-2-3/h1-8,10H,(H,22,23);1-10H,(H,22,23);2-9,18H,1H3,(H,19,20);2-5H,1H3;1-4,9H,8H2,(H,10,11);3*1H4;;2-3H/b;;17-10+;;;;;;;. The lowest BCUT2D eigenvalue weighted by Crippen LogP contribution is -2.06. The van der Waals surface area contributed by atoms with Crippen molar-refractivity contribution >= 4 is 150 Å². The lowest BCUT2D eigenvalue weighted by atomic mass is 10.1. The number of hydrogen-bond acceptors (Lipinski definition) is 16. The number of carbonyl (C=O) groups excluding carboxylic acids is 2. The fourth-order valence-electron chi connectivity index (χ4n) is 7.53. The van der Waals surface area contributed by atoms with E-state index in [0.29, 0.717) is 88.3 Å². The number of anilines is 2. The zero-order valence-electron chi connectivity index (χ0n) is 49.0. The Balaban J connectivity index is 0.000000608. The predicted octanol–water partition coefficient (Wildman–Crippen LogP) is 19.4. The van der Waals surface area contributed by atoms with E-state index in [9.17, 15) is 38.6 Å². The third kappa shape index (κ3) is 28.3. The molecule has 0 saturated carbocycles. The predicted molar refractivity (Wildman–Crippen MR) is 392 cm³/mol. The summed E-state index contributed by atoms with van der Waals surface area (Å²) in [5.74, 6) is 1.20. The number of carboxylic acid groups (broad SMARTS) is 4. The molecule has 0 fully saturated rings. The maximum absolute atomic E-state index is 11.3. The molecule has 0 aliphatic carbocycles. The summed E-state index contributed by atoms with van der Waals surface area (Å²) in [6.45, 7) is 3.35. The highest BCUT2D eigenvalue weighted by atomic mass is 36.0. The van der Waals surface area contributed by atoms with Gasteiger partial charge in [-0.2, -0.15) is 20.6 Å². The van der Waals surface area contributed by atoms with Crippen LogP contribution in [0.2, 0.25) is 20.1 Å². The van der Waals surface area contributed by atoms with Crippen LogP contribution in [-0.2, 0) is 4.57 Å². The minimum absolute atomic E-state index is 0. The lowest BCUT2D eigenvalue weighted by molar-refractivity contribution is 0.0686. The molecule has 10 aromatic rings. The monoisotopic (exact) mass is 1510 g/mol. The normalized spacial score (nSPS) is 9.93. The molecule has 31 heteroatoms. The Morgan fingerprint density at radius 2 is 0.857 bits per heavy atom. The van der Waals surface area contributed by atoms with Crippen molar-refractivity contribution in [2.45, 2.75) is 36.1 Å². The molecule has 0 aliphatic rings. The zero-order chi connectivity index (χ0) is 70.4. The minimum atomic E-state index is -3.22. The molecule has 0 aliphatic heterocycles. The van der Waals surface area contributed by atoms with E-state index in [1.807, 2.05) is 37.3 Å². The average Bonchev–Trinajstić information content (AvgIpc) is 1.66. The van der Waals surface area contributed by atoms with Gasteiger partial charge in [-0.3, -0.25) is 25.4 Å². The first-order valence-electron chi connectivity index (χ1n) is 26.5. The lowest BCUT2D eigenvalue weighted by Gasteiger charge is -2.05. The number of Topliss-reactive ketones (excluding diaryl/α,β-unsaturated/α-hetero) is 1. The average molecular weight is 1510 g/mol. The Morgan fingerprint density at radius 1 is 0.531 bits per heavy atom. The number of nitrogens with zero attached hydrogens (tertiary/aromatic N) is 6. The van der Waals surface area contributed by atoms with Gasteiger partial charge in [0, 0.05) is 57.1 Å². The van der Waals surface area contributed by atoms with Crippen LogP contribution in [0.1, 0.15) is 109 Å². The number of rotatable bonds is 14. The number of carboxylic acids is 4. The molecule has 0 saturated heterocycles. The van der Waals surface area contributed by atoms with Crippen LogP contribution < -0.4 is 21.7 Å². The van der Waals surface area contributed by atoms with Gasteiger partial charge in [-0.1, -0.05) is 135 Å². The molecule has 8 aromatic carbocycles. The minimum Gasteiger partial charge on any atom is -0.478 e. The number of nitrogen functional groups attached to an aromatic ring is 1. The molecule has 2 heterocycles. The number of aromatic nitrogens is 4. The summed E-state index contributed by atoms with van der Waals surface area (Å²) >= 11 is 42.3. The molecular formula is C67H63Cl8N10O12P. The number of carbonyl (C=O) groups is 6. The number of aromatic carboxylic acids is 4. The van der Waals surface area contributed by atoms with Crippen molar-refractivity contribution < 1.29 is 59.0 Å². The van der Waals surface area contributed by atoms with Gasteiger partial charge in [-0.05, 0) is 175 Å². The largest absolute Gasteiger partial charge is 0.478 e. The highest BCUT2D eigenvalue weighted by molar-refractivity contribution is 8.24. The Bertz CT molecular complexity index is 4370. The van der Waals surface area contributed by atoms with Crippen molar-refractivity contribution in [3.8, 4) is 40.0 Å². The van der Waals surface area contributed by atoms with Crippen molar-refractivity contribution in [3.63, 3.8) is 0 Å². The van der Waals surface area contributed by atoms with E-state index in [1.165, 1.54) is 69.8 Å². The van der Waals surface area contributed by atoms with Gasteiger partial charge in [0.25, 0.3) is 0 Å². The van der Waals surface area contributed by atoms with E-state index in [-0.39, 0.29) is 50.3 Å². The molecule has 0 bridgehead atoms. The molecule has 0 unspecified atom stereocenters. The first-order chi connectivity index (χ1) is 45.1. The molecular weight excluding hydrogens is 1450 g/mol. The van der Waals surface area contributed by atoms with Crippen LogP contribution in [-0.4, -0.2) is 86.9 Å². The molecule has 0 radical (unpaired) electrons. The Morgan fingerprint density at radius 3 is 1.19 bits per heavy atom. The first kappa shape index (κ1) is 86.6. The van der Waals surface area contributed by atoms with Gasteiger partial charge < -0.3 is 31.1 Å². The molecule has 22 nitrogen and oxygen atoms in total. The quantitative estimate of drug-likeness (QED) is 0.00928.